The molecule has 0 bridgehead atoms. The van der Waals surface area contributed by atoms with Crippen molar-refractivity contribution in [3.8, 4) is 0 Å². The Labute approximate surface area is 227 Å². The maximum absolute atomic E-state index is 12.0. The highest BCUT2D eigenvalue weighted by Crippen LogP contribution is 2.24. The number of halogens is 2. The van der Waals surface area contributed by atoms with Gasteiger partial charge in [0.05, 0.1) is 22.4 Å². The van der Waals surface area contributed by atoms with Gasteiger partial charge in [0, 0.05) is 12.8 Å². The van der Waals surface area contributed by atoms with E-state index in [9.17, 15) is 14.4 Å². The summed E-state index contributed by atoms with van der Waals surface area (Å²) in [6.07, 6.45) is 10.9. The Hall–Kier alpha value is -3.15. The molecule has 1 aliphatic carbocycles. The number of aliphatic carboxylic acids is 2. The highest BCUT2D eigenvalue weighted by molar-refractivity contribution is 6.44. The number of hydrogen-bond donors (Lipinski definition) is 2. The number of carboxylic acids is 2. The summed E-state index contributed by atoms with van der Waals surface area (Å²) in [5, 5.41) is 21.4. The number of rotatable bonds is 10. The molecule has 0 heterocycles. The Bertz CT molecular complexity index is 1240. The standard InChI is InChI=1S/C22H24O5.C8H8Cl2/c1-15(11-20(23)13-19(22(26)27)14-21(24)25)5-4-6-16-9-10-17-7-2-3-8-18(17)12-16;1-6-3-2-4-7(9)8(10)5-6/h2-4,6-10,12,15,19H,5,11,13-14H2,1H3,(H,24,25)(H,26,27);3-5H,2H2,1H3/b6-4+;/t15-,19-;/m0./s1. The molecule has 0 amide bonds. The van der Waals surface area contributed by atoms with E-state index in [0.29, 0.717) is 16.5 Å². The minimum atomic E-state index is -1.24. The number of carboxylic acid groups (broad SMARTS) is 2. The lowest BCUT2D eigenvalue weighted by molar-refractivity contribution is -0.149. The number of carbonyl (C=O) groups excluding carboxylic acids is 1. The van der Waals surface area contributed by atoms with Gasteiger partial charge in [0.15, 0.2) is 0 Å². The summed E-state index contributed by atoms with van der Waals surface area (Å²) in [7, 11) is 0. The molecule has 37 heavy (non-hydrogen) atoms. The maximum atomic E-state index is 12.0. The molecular weight excluding hydrogens is 511 g/mol. The van der Waals surface area contributed by atoms with Gasteiger partial charge in [-0.15, -0.1) is 0 Å². The lowest BCUT2D eigenvalue weighted by Crippen LogP contribution is -2.22. The normalized spacial score (nSPS) is 15.0. The summed E-state index contributed by atoms with van der Waals surface area (Å²) in [4.78, 5) is 33.8. The van der Waals surface area contributed by atoms with Gasteiger partial charge in [-0.25, -0.2) is 0 Å². The van der Waals surface area contributed by atoms with E-state index in [4.69, 9.17) is 33.4 Å². The quantitative estimate of drug-likeness (QED) is 0.317. The van der Waals surface area contributed by atoms with E-state index < -0.39 is 24.3 Å². The second kappa shape index (κ2) is 15.2. The monoisotopic (exact) mass is 542 g/mol. The van der Waals surface area contributed by atoms with Gasteiger partial charge < -0.3 is 10.2 Å². The number of fused-ring (bicyclic) bond motifs is 1. The number of ketones is 1. The lowest BCUT2D eigenvalue weighted by Gasteiger charge is -2.11. The maximum Gasteiger partial charge on any atom is 0.307 e. The van der Waals surface area contributed by atoms with Crippen LogP contribution in [-0.4, -0.2) is 27.9 Å². The molecule has 0 fully saturated rings. The van der Waals surface area contributed by atoms with Crippen molar-refractivity contribution in [3.63, 3.8) is 0 Å². The van der Waals surface area contributed by atoms with Crippen molar-refractivity contribution >= 4 is 57.8 Å². The van der Waals surface area contributed by atoms with Gasteiger partial charge >= 0.3 is 11.9 Å². The topological polar surface area (TPSA) is 91.7 Å². The molecule has 196 valence electrons. The molecule has 0 aliphatic heterocycles. The SMILES string of the molecule is CC1=CCC=C(Cl)C(Cl)=C1.C[C@@H](C/C=C/c1ccc2ccccc2c1)CC(=O)C[C@@H](CC(=O)O)C(=O)O. The molecule has 2 aromatic carbocycles. The molecule has 5 nitrogen and oxygen atoms in total. The minimum absolute atomic E-state index is 0.0634. The molecular formula is C30H32Cl2O5. The molecule has 2 atom stereocenters. The predicted molar refractivity (Wildman–Crippen MR) is 151 cm³/mol. The third-order valence-corrected chi connectivity index (χ3v) is 6.53. The molecule has 0 saturated heterocycles. The predicted octanol–water partition coefficient (Wildman–Crippen LogP) is 7.99. The third kappa shape index (κ3) is 11.2. The summed E-state index contributed by atoms with van der Waals surface area (Å²) < 4.78 is 0. The zero-order valence-corrected chi connectivity index (χ0v) is 22.5. The first-order valence-electron chi connectivity index (χ1n) is 12.1. The highest BCUT2D eigenvalue weighted by atomic mass is 35.5. The van der Waals surface area contributed by atoms with E-state index in [0.717, 1.165) is 17.6 Å². The van der Waals surface area contributed by atoms with Crippen LogP contribution >= 0.6 is 23.2 Å². The lowest BCUT2D eigenvalue weighted by atomic mass is 9.92. The summed E-state index contributed by atoms with van der Waals surface area (Å²) in [6, 6.07) is 14.3. The summed E-state index contributed by atoms with van der Waals surface area (Å²) >= 11 is 11.6. The number of allylic oxidation sites excluding steroid dienone is 7. The first kappa shape index (κ1) is 30.1. The van der Waals surface area contributed by atoms with E-state index in [-0.39, 0.29) is 24.5 Å². The zero-order chi connectivity index (χ0) is 27.4. The fraction of sp³-hybridized carbons (Fsp3) is 0.300. The van der Waals surface area contributed by atoms with E-state index in [2.05, 4.69) is 30.3 Å². The van der Waals surface area contributed by atoms with Crippen molar-refractivity contribution in [2.75, 3.05) is 0 Å². The Morgan fingerprint density at radius 3 is 2.32 bits per heavy atom. The Kier molecular flexibility index (Phi) is 12.3. The van der Waals surface area contributed by atoms with Crippen LogP contribution in [0.5, 0.6) is 0 Å². The van der Waals surface area contributed by atoms with Crippen molar-refractivity contribution in [1.29, 1.82) is 0 Å². The number of benzene rings is 2. The third-order valence-electron chi connectivity index (χ3n) is 5.76. The molecule has 0 radical (unpaired) electrons. The zero-order valence-electron chi connectivity index (χ0n) is 21.0. The molecule has 0 spiro atoms. The largest absolute Gasteiger partial charge is 0.481 e. The highest BCUT2D eigenvalue weighted by Gasteiger charge is 2.24. The van der Waals surface area contributed by atoms with Crippen LogP contribution < -0.4 is 0 Å². The molecule has 0 unspecified atom stereocenters. The molecule has 1 aliphatic rings. The van der Waals surface area contributed by atoms with Gasteiger partial charge in [-0.2, -0.15) is 0 Å². The molecule has 2 aromatic rings. The van der Waals surface area contributed by atoms with Crippen LogP contribution in [0.15, 0.2) is 82.4 Å². The van der Waals surface area contributed by atoms with Crippen LogP contribution in [0.2, 0.25) is 0 Å². The average molecular weight is 543 g/mol. The van der Waals surface area contributed by atoms with Crippen molar-refractivity contribution < 1.29 is 24.6 Å². The van der Waals surface area contributed by atoms with E-state index in [1.807, 2.05) is 56.4 Å². The van der Waals surface area contributed by atoms with Gasteiger partial charge in [0.2, 0.25) is 0 Å². The summed E-state index contributed by atoms with van der Waals surface area (Å²) in [6.45, 7) is 3.93. The number of hydrogen-bond acceptors (Lipinski definition) is 3. The van der Waals surface area contributed by atoms with Gasteiger partial charge in [-0.3, -0.25) is 14.4 Å². The number of Topliss-reactive ketones (excluding diaryl/α,β-unsaturated/α-hetero) is 1. The molecule has 2 N–H and O–H groups in total. The van der Waals surface area contributed by atoms with E-state index in [1.165, 1.54) is 10.8 Å². The van der Waals surface area contributed by atoms with Crippen LogP contribution in [0.25, 0.3) is 16.8 Å². The van der Waals surface area contributed by atoms with Crippen LogP contribution in [0, 0.1) is 11.8 Å². The smallest absolute Gasteiger partial charge is 0.307 e. The molecule has 3 rings (SSSR count). The average Bonchev–Trinajstić information content (AvgIpc) is 2.97. The van der Waals surface area contributed by atoms with Crippen LogP contribution in [0.1, 0.15) is 51.5 Å². The molecule has 0 aromatic heterocycles. The van der Waals surface area contributed by atoms with Crippen molar-refractivity contribution in [1.82, 2.24) is 0 Å². The van der Waals surface area contributed by atoms with Gasteiger partial charge in [0.25, 0.3) is 0 Å². The Morgan fingerprint density at radius 2 is 1.65 bits per heavy atom. The fourth-order valence-corrected chi connectivity index (χ4v) is 4.20. The van der Waals surface area contributed by atoms with Gasteiger partial charge in [-0.1, -0.05) is 96.4 Å². The van der Waals surface area contributed by atoms with Crippen molar-refractivity contribution in [2.24, 2.45) is 11.8 Å². The van der Waals surface area contributed by atoms with Gasteiger partial charge in [0.1, 0.15) is 5.78 Å². The van der Waals surface area contributed by atoms with Gasteiger partial charge in [-0.05, 0) is 54.2 Å². The molecule has 7 heteroatoms. The van der Waals surface area contributed by atoms with Crippen LogP contribution in [0.3, 0.4) is 0 Å². The molecule has 0 saturated carbocycles. The van der Waals surface area contributed by atoms with Crippen molar-refractivity contribution in [3.05, 3.63) is 88.0 Å². The first-order valence-corrected chi connectivity index (χ1v) is 12.8. The Balaban J connectivity index is 0.000000402. The van der Waals surface area contributed by atoms with E-state index >= 15 is 0 Å². The summed E-state index contributed by atoms with van der Waals surface area (Å²) in [5.41, 5.74) is 2.25. The minimum Gasteiger partial charge on any atom is -0.481 e. The second-order valence-electron chi connectivity index (χ2n) is 9.16. The Morgan fingerprint density at radius 1 is 0.946 bits per heavy atom. The second-order valence-corrected chi connectivity index (χ2v) is 9.97. The van der Waals surface area contributed by atoms with Crippen LogP contribution in [0.4, 0.5) is 0 Å². The van der Waals surface area contributed by atoms with E-state index in [1.54, 1.807) is 0 Å². The first-order chi connectivity index (χ1) is 17.5. The van der Waals surface area contributed by atoms with Crippen molar-refractivity contribution in [2.45, 2.75) is 46.0 Å². The van der Waals surface area contributed by atoms with Crippen LogP contribution in [-0.2, 0) is 14.4 Å². The number of carbonyl (C=O) groups is 3. The fourth-order valence-electron chi connectivity index (χ4n) is 3.81. The summed E-state index contributed by atoms with van der Waals surface area (Å²) in [5.74, 6) is -3.75.